The fourth-order valence-corrected chi connectivity index (χ4v) is 7.04. The highest BCUT2D eigenvalue weighted by molar-refractivity contribution is 8.01. The summed E-state index contributed by atoms with van der Waals surface area (Å²) >= 11 is 3.16. The summed E-state index contributed by atoms with van der Waals surface area (Å²) in [6.45, 7) is 5.49. The van der Waals surface area contributed by atoms with Gasteiger partial charge in [-0.2, -0.15) is 0 Å². The van der Waals surface area contributed by atoms with Gasteiger partial charge in [-0.05, 0) is 49.1 Å². The molecule has 1 fully saturated rings. The number of hydrogen-bond acceptors (Lipinski definition) is 9. The van der Waals surface area contributed by atoms with Gasteiger partial charge in [0.15, 0.2) is 16.4 Å². The Morgan fingerprint density at radius 2 is 1.75 bits per heavy atom. The molecule has 44 heavy (non-hydrogen) atoms. The van der Waals surface area contributed by atoms with Crippen molar-refractivity contribution in [3.8, 4) is 0 Å². The molecule has 0 saturated carbocycles. The number of anilines is 1. The van der Waals surface area contributed by atoms with Crippen molar-refractivity contribution in [3.05, 3.63) is 106 Å². The van der Waals surface area contributed by atoms with Crippen molar-refractivity contribution in [3.63, 3.8) is 0 Å². The lowest BCUT2D eigenvalue weighted by Gasteiger charge is -2.41. The lowest BCUT2D eigenvalue weighted by atomic mass is 9.91. The van der Waals surface area contributed by atoms with Crippen molar-refractivity contribution in [2.24, 2.45) is 5.92 Å². The Labute approximate surface area is 265 Å². The van der Waals surface area contributed by atoms with E-state index in [0.29, 0.717) is 17.9 Å². The largest absolute Gasteiger partial charge is 0.392 e. The number of aliphatic hydroxyl groups is 1. The van der Waals surface area contributed by atoms with Gasteiger partial charge in [0.05, 0.1) is 24.9 Å². The van der Waals surface area contributed by atoms with Crippen LogP contribution in [-0.2, 0) is 27.3 Å². The summed E-state index contributed by atoms with van der Waals surface area (Å²) < 4.78 is 14.0. The van der Waals surface area contributed by atoms with E-state index in [1.165, 1.54) is 6.92 Å². The van der Waals surface area contributed by atoms with E-state index in [1.54, 1.807) is 29.2 Å². The van der Waals surface area contributed by atoms with E-state index in [4.69, 9.17) is 9.47 Å². The molecule has 1 aliphatic rings. The Morgan fingerprint density at radius 3 is 2.43 bits per heavy atom. The van der Waals surface area contributed by atoms with Gasteiger partial charge in [0.1, 0.15) is 5.01 Å². The van der Waals surface area contributed by atoms with Gasteiger partial charge in [-0.25, -0.2) is 4.79 Å². The van der Waals surface area contributed by atoms with E-state index in [9.17, 15) is 14.7 Å². The molecule has 5 unspecified atom stereocenters. The highest BCUT2D eigenvalue weighted by atomic mass is 32.2. The minimum atomic E-state index is -0.691. The third-order valence-electron chi connectivity index (χ3n) is 7.50. The Bertz CT molecular complexity index is 1550. The number of carbonyl (C=O) groups is 2. The summed E-state index contributed by atoms with van der Waals surface area (Å²) in [4.78, 5) is 25.2. The van der Waals surface area contributed by atoms with Crippen molar-refractivity contribution in [2.75, 3.05) is 11.1 Å². The number of aryl methyl sites for hydroxylation is 1. The number of aromatic nitrogens is 2. The van der Waals surface area contributed by atoms with Crippen LogP contribution in [0.2, 0.25) is 0 Å². The van der Waals surface area contributed by atoms with E-state index in [-0.39, 0.29) is 30.5 Å². The van der Waals surface area contributed by atoms with Crippen LogP contribution >= 0.6 is 23.1 Å². The number of Topliss-reactive ketones (excluding diaryl/α,β-unsaturated/α-hetero) is 1. The first-order valence-electron chi connectivity index (χ1n) is 14.4. The fourth-order valence-electron chi connectivity index (χ4n) is 5.03. The molecule has 3 aromatic carbocycles. The van der Waals surface area contributed by atoms with Gasteiger partial charge in [0, 0.05) is 22.9 Å². The monoisotopic (exact) mass is 632 g/mol. The van der Waals surface area contributed by atoms with Gasteiger partial charge < -0.3 is 25.2 Å². The lowest BCUT2D eigenvalue weighted by Crippen LogP contribution is -2.43. The highest BCUT2D eigenvalue weighted by Crippen LogP contribution is 2.43. The SMILES string of the molecule is CC(=O)C(Cc1ccccc1)NC(=O)Nc1cccc(C2OC(CSc3nnc(C)s3)C(C)C(c3ccc(CO)cc3)O2)c1. The van der Waals surface area contributed by atoms with E-state index in [2.05, 4.69) is 27.8 Å². The van der Waals surface area contributed by atoms with Crippen molar-refractivity contribution in [1.29, 1.82) is 0 Å². The topological polar surface area (TPSA) is 123 Å². The van der Waals surface area contributed by atoms with Gasteiger partial charge in [0.2, 0.25) is 0 Å². The summed E-state index contributed by atoms with van der Waals surface area (Å²) in [7, 11) is 0. The van der Waals surface area contributed by atoms with Crippen molar-refractivity contribution >= 4 is 40.6 Å². The average Bonchev–Trinajstić information content (AvgIpc) is 3.45. The number of thioether (sulfide) groups is 1. The number of nitrogens with zero attached hydrogens (tertiary/aromatic N) is 2. The van der Waals surface area contributed by atoms with Crippen LogP contribution < -0.4 is 10.6 Å². The van der Waals surface area contributed by atoms with Crippen LogP contribution in [0, 0.1) is 12.8 Å². The summed E-state index contributed by atoms with van der Waals surface area (Å²) in [6.07, 6.45) is -0.720. The van der Waals surface area contributed by atoms with Gasteiger partial charge in [-0.1, -0.05) is 96.8 Å². The van der Waals surface area contributed by atoms with Gasteiger partial charge >= 0.3 is 6.03 Å². The molecule has 1 saturated heterocycles. The minimum Gasteiger partial charge on any atom is -0.392 e. The molecule has 2 heterocycles. The Balaban J connectivity index is 1.31. The summed E-state index contributed by atoms with van der Waals surface area (Å²) in [5.74, 6) is 0.559. The summed E-state index contributed by atoms with van der Waals surface area (Å²) in [6, 6.07) is 23.6. The summed E-state index contributed by atoms with van der Waals surface area (Å²) in [5, 5.41) is 24.5. The molecular weight excluding hydrogens is 597 g/mol. The predicted octanol–water partition coefficient (Wildman–Crippen LogP) is 6.24. The second-order valence-electron chi connectivity index (χ2n) is 10.8. The second kappa shape index (κ2) is 14.9. The molecule has 0 aliphatic carbocycles. The zero-order valence-corrected chi connectivity index (χ0v) is 26.4. The molecule has 11 heteroatoms. The van der Waals surface area contributed by atoms with Crippen LogP contribution in [0.25, 0.3) is 0 Å². The highest BCUT2D eigenvalue weighted by Gasteiger charge is 2.38. The molecular formula is C33H36N4O5S2. The van der Waals surface area contributed by atoms with Gasteiger partial charge in [0.25, 0.3) is 0 Å². The van der Waals surface area contributed by atoms with Crippen LogP contribution in [0.4, 0.5) is 10.5 Å². The number of benzene rings is 3. The number of amides is 2. The van der Waals surface area contributed by atoms with Crippen molar-refractivity contribution < 1.29 is 24.2 Å². The predicted molar refractivity (Wildman–Crippen MR) is 172 cm³/mol. The zero-order chi connectivity index (χ0) is 31.1. The van der Waals surface area contributed by atoms with Crippen LogP contribution in [0.3, 0.4) is 0 Å². The Hall–Kier alpha value is -3.61. The molecule has 2 amide bonds. The molecule has 0 radical (unpaired) electrons. The van der Waals surface area contributed by atoms with Gasteiger partial charge in [-0.15, -0.1) is 10.2 Å². The van der Waals surface area contributed by atoms with Crippen LogP contribution in [-0.4, -0.2) is 45.0 Å². The Morgan fingerprint density at radius 1 is 0.977 bits per heavy atom. The number of hydrogen-bond donors (Lipinski definition) is 3. The van der Waals surface area contributed by atoms with Crippen LogP contribution in [0.15, 0.2) is 83.2 Å². The van der Waals surface area contributed by atoms with E-state index < -0.39 is 18.4 Å². The smallest absolute Gasteiger partial charge is 0.319 e. The molecule has 3 N–H and O–H groups in total. The molecule has 5 atom stereocenters. The maximum atomic E-state index is 12.9. The fraction of sp³-hybridized carbons (Fsp3) is 0.333. The molecule has 0 bridgehead atoms. The van der Waals surface area contributed by atoms with E-state index in [0.717, 1.165) is 31.6 Å². The van der Waals surface area contributed by atoms with Crippen LogP contribution in [0.5, 0.6) is 0 Å². The lowest BCUT2D eigenvalue weighted by molar-refractivity contribution is -0.268. The quantitative estimate of drug-likeness (QED) is 0.166. The standard InChI is InChI=1S/C33H36N4O5S2/c1-20-29(19-43-33-37-36-22(3)44-33)41-31(42-30(20)25-14-12-24(18-38)13-15-25)26-10-7-11-27(17-26)34-32(40)35-28(21(2)39)16-23-8-5-4-6-9-23/h4-15,17,20,28-31,38H,16,18-19H2,1-3H3,(H2,34,35,40). The molecule has 9 nitrogen and oxygen atoms in total. The molecule has 0 spiro atoms. The van der Waals surface area contributed by atoms with Crippen molar-refractivity contribution in [2.45, 2.75) is 62.7 Å². The maximum Gasteiger partial charge on any atom is 0.319 e. The van der Waals surface area contributed by atoms with Crippen molar-refractivity contribution in [1.82, 2.24) is 15.5 Å². The minimum absolute atomic E-state index is 0.0213. The third-order valence-corrected chi connectivity index (χ3v) is 9.56. The maximum absolute atomic E-state index is 12.9. The molecule has 1 aliphatic heterocycles. The first-order valence-corrected chi connectivity index (χ1v) is 16.2. The third kappa shape index (κ3) is 8.30. The number of ketones is 1. The molecule has 4 aromatic rings. The number of ether oxygens (including phenoxy) is 2. The molecule has 5 rings (SSSR count). The van der Waals surface area contributed by atoms with Gasteiger partial charge in [-0.3, -0.25) is 4.79 Å². The number of urea groups is 1. The van der Waals surface area contributed by atoms with Crippen LogP contribution in [0.1, 0.15) is 53.5 Å². The Kier molecular flexibility index (Phi) is 10.8. The average molecular weight is 633 g/mol. The van der Waals surface area contributed by atoms with E-state index >= 15 is 0 Å². The summed E-state index contributed by atoms with van der Waals surface area (Å²) in [5.41, 5.74) is 4.09. The molecule has 230 valence electrons. The van der Waals surface area contributed by atoms with E-state index in [1.807, 2.05) is 79.7 Å². The number of carbonyl (C=O) groups excluding carboxylic acids is 2. The zero-order valence-electron chi connectivity index (χ0n) is 24.8. The first-order chi connectivity index (χ1) is 21.3. The first kappa shape index (κ1) is 31.8. The number of rotatable bonds is 11. The number of nitrogens with one attached hydrogen (secondary N) is 2. The second-order valence-corrected chi connectivity index (χ2v) is 13.2. The number of aliphatic hydroxyl groups excluding tert-OH is 1. The normalized spacial score (nSPS) is 20.5. The molecule has 1 aromatic heterocycles.